The molecule has 0 unspecified atom stereocenters. The van der Waals surface area contributed by atoms with Crippen molar-refractivity contribution >= 4 is 29.3 Å². The Morgan fingerprint density at radius 3 is 2.62 bits per heavy atom. The summed E-state index contributed by atoms with van der Waals surface area (Å²) in [5.41, 5.74) is 4.05. The van der Waals surface area contributed by atoms with E-state index in [-0.39, 0.29) is 19.0 Å². The van der Waals surface area contributed by atoms with Gasteiger partial charge in [-0.3, -0.25) is 0 Å². The third kappa shape index (κ3) is 4.24. The minimum atomic E-state index is 0. The first kappa shape index (κ1) is 18.2. The van der Waals surface area contributed by atoms with Gasteiger partial charge in [-0.05, 0) is 37.8 Å². The monoisotopic (exact) mass is 346 g/mol. The number of hydrogen-bond acceptors (Lipinski definition) is 4. The van der Waals surface area contributed by atoms with Gasteiger partial charge in [0.2, 0.25) is 0 Å². The molecule has 3 rings (SSSR count). The molecule has 0 amide bonds. The lowest BCUT2D eigenvalue weighted by Crippen LogP contribution is -2.06. The van der Waals surface area contributed by atoms with Crippen molar-refractivity contribution in [3.8, 4) is 11.3 Å². The molecule has 1 aromatic carbocycles. The normalized spacial score (nSPS) is 10.6. The second kappa shape index (κ2) is 8.66. The summed E-state index contributed by atoms with van der Waals surface area (Å²) in [5, 5.41) is 12.2. The molecule has 0 aliphatic rings. The van der Waals surface area contributed by atoms with E-state index in [1.807, 2.05) is 25.1 Å². The molecule has 0 aliphatic carbocycles. The Morgan fingerprint density at radius 2 is 1.88 bits per heavy atom. The maximum absolute atomic E-state index is 8.83. The first-order valence-corrected chi connectivity index (χ1v) is 8.05. The maximum Gasteiger partial charge on any atom is 0.154 e. The molecule has 2 heterocycles. The van der Waals surface area contributed by atoms with E-state index in [9.17, 15) is 0 Å². The number of nitrogens with zero attached hydrogens (tertiary/aromatic N) is 2. The average Bonchev–Trinajstić information content (AvgIpc) is 2.99. The summed E-state index contributed by atoms with van der Waals surface area (Å²) in [6.45, 7) is 3.00. The maximum atomic E-state index is 8.83. The summed E-state index contributed by atoms with van der Waals surface area (Å²) in [6.07, 6.45) is 2.87. The number of benzene rings is 1. The molecule has 0 radical (unpaired) electrons. The molecule has 128 valence electrons. The zero-order chi connectivity index (χ0) is 16.1. The number of aliphatic hydroxyl groups is 1. The number of aliphatic hydroxyl groups excluding tert-OH is 1. The van der Waals surface area contributed by atoms with Crippen molar-refractivity contribution in [3.63, 3.8) is 0 Å². The zero-order valence-electron chi connectivity index (χ0n) is 13.7. The highest BCUT2D eigenvalue weighted by Gasteiger charge is 2.10. The largest absolute Gasteiger partial charge is 0.396 e. The molecule has 24 heavy (non-hydrogen) atoms. The first-order chi connectivity index (χ1) is 11.3. The Hall–Kier alpha value is -2.11. The van der Waals surface area contributed by atoms with Crippen LogP contribution in [-0.4, -0.2) is 33.2 Å². The highest BCUT2D eigenvalue weighted by Crippen LogP contribution is 2.26. The van der Waals surface area contributed by atoms with Crippen LogP contribution in [0.3, 0.4) is 0 Å². The number of H-pyrrole nitrogens is 1. The zero-order valence-corrected chi connectivity index (χ0v) is 14.6. The smallest absolute Gasteiger partial charge is 0.154 e. The van der Waals surface area contributed by atoms with Gasteiger partial charge in [0.05, 0.1) is 5.52 Å². The lowest BCUT2D eigenvalue weighted by Gasteiger charge is -2.07. The van der Waals surface area contributed by atoms with Crippen LogP contribution in [0, 0.1) is 6.92 Å². The number of anilines is 1. The SMILES string of the molecule is Cc1nc(NCCCCCO)c2[nH]c(-c3ccccc3)cc2n1.Cl. The van der Waals surface area contributed by atoms with Gasteiger partial charge in [-0.25, -0.2) is 9.97 Å². The third-order valence-corrected chi connectivity index (χ3v) is 3.80. The van der Waals surface area contributed by atoms with Crippen molar-refractivity contribution in [2.75, 3.05) is 18.5 Å². The van der Waals surface area contributed by atoms with Gasteiger partial charge in [0.15, 0.2) is 5.82 Å². The molecule has 0 saturated heterocycles. The molecule has 0 saturated carbocycles. The summed E-state index contributed by atoms with van der Waals surface area (Å²) >= 11 is 0. The fourth-order valence-corrected chi connectivity index (χ4v) is 2.65. The van der Waals surface area contributed by atoms with Crippen LogP contribution < -0.4 is 5.32 Å². The number of aryl methyl sites for hydroxylation is 1. The molecular formula is C18H23ClN4O. The highest BCUT2D eigenvalue weighted by atomic mass is 35.5. The Labute approximate surface area is 148 Å². The molecular weight excluding hydrogens is 324 g/mol. The number of fused-ring (bicyclic) bond motifs is 1. The van der Waals surface area contributed by atoms with Crippen LogP contribution in [0.25, 0.3) is 22.3 Å². The Bertz CT molecular complexity index is 773. The average molecular weight is 347 g/mol. The highest BCUT2D eigenvalue weighted by molar-refractivity contribution is 5.90. The fraction of sp³-hybridized carbons (Fsp3) is 0.333. The van der Waals surface area contributed by atoms with Gasteiger partial charge in [-0.1, -0.05) is 30.3 Å². The molecule has 2 aromatic heterocycles. The number of rotatable bonds is 7. The van der Waals surface area contributed by atoms with Gasteiger partial charge in [-0.15, -0.1) is 12.4 Å². The molecule has 0 spiro atoms. The summed E-state index contributed by atoms with van der Waals surface area (Å²) < 4.78 is 0. The molecule has 0 aliphatic heterocycles. The van der Waals surface area contributed by atoms with E-state index < -0.39 is 0 Å². The molecule has 5 nitrogen and oxygen atoms in total. The Balaban J connectivity index is 0.00000208. The third-order valence-electron chi connectivity index (χ3n) is 3.80. The lowest BCUT2D eigenvalue weighted by atomic mass is 10.2. The summed E-state index contributed by atoms with van der Waals surface area (Å²) in [4.78, 5) is 12.5. The van der Waals surface area contributed by atoms with Gasteiger partial charge in [0.1, 0.15) is 11.3 Å². The van der Waals surface area contributed by atoms with E-state index in [4.69, 9.17) is 5.11 Å². The topological polar surface area (TPSA) is 73.8 Å². The van der Waals surface area contributed by atoms with Crippen LogP contribution in [0.15, 0.2) is 36.4 Å². The number of unbranched alkanes of at least 4 members (excludes halogenated alkanes) is 2. The molecule has 6 heteroatoms. The molecule has 3 aromatic rings. The molecule has 0 fully saturated rings. The van der Waals surface area contributed by atoms with Crippen molar-refractivity contribution in [1.82, 2.24) is 15.0 Å². The van der Waals surface area contributed by atoms with Crippen LogP contribution in [0.1, 0.15) is 25.1 Å². The van der Waals surface area contributed by atoms with Crippen molar-refractivity contribution in [1.29, 1.82) is 0 Å². The van der Waals surface area contributed by atoms with Gasteiger partial charge in [0, 0.05) is 18.8 Å². The van der Waals surface area contributed by atoms with Crippen LogP contribution in [0.4, 0.5) is 5.82 Å². The number of aromatic nitrogens is 3. The van der Waals surface area contributed by atoms with Gasteiger partial charge in [-0.2, -0.15) is 0 Å². The van der Waals surface area contributed by atoms with Crippen LogP contribution in [-0.2, 0) is 0 Å². The second-order valence-corrected chi connectivity index (χ2v) is 5.64. The van der Waals surface area contributed by atoms with Crippen molar-refractivity contribution in [2.45, 2.75) is 26.2 Å². The summed E-state index contributed by atoms with van der Waals surface area (Å²) in [5.74, 6) is 1.60. The van der Waals surface area contributed by atoms with Crippen molar-refractivity contribution in [2.24, 2.45) is 0 Å². The number of aromatic amines is 1. The van der Waals surface area contributed by atoms with E-state index in [0.717, 1.165) is 59.7 Å². The quantitative estimate of drug-likeness (QED) is 0.567. The number of halogens is 1. The predicted molar refractivity (Wildman–Crippen MR) is 101 cm³/mol. The number of nitrogens with one attached hydrogen (secondary N) is 2. The Kier molecular flexibility index (Phi) is 6.58. The minimum absolute atomic E-state index is 0. The van der Waals surface area contributed by atoms with Crippen molar-refractivity contribution < 1.29 is 5.11 Å². The summed E-state index contributed by atoms with van der Waals surface area (Å²) in [7, 11) is 0. The van der Waals surface area contributed by atoms with Crippen LogP contribution >= 0.6 is 12.4 Å². The standard InChI is InChI=1S/C18H22N4O.ClH/c1-13-20-16-12-15(14-8-4-2-5-9-14)22-17(16)18(21-13)19-10-6-3-7-11-23;/h2,4-5,8-9,12,22-23H,3,6-7,10-11H2,1H3,(H,19,20,21);1H. The molecule has 3 N–H and O–H groups in total. The fourth-order valence-electron chi connectivity index (χ4n) is 2.65. The first-order valence-electron chi connectivity index (χ1n) is 8.05. The van der Waals surface area contributed by atoms with E-state index in [1.165, 1.54) is 0 Å². The van der Waals surface area contributed by atoms with E-state index in [1.54, 1.807) is 0 Å². The minimum Gasteiger partial charge on any atom is -0.396 e. The van der Waals surface area contributed by atoms with Gasteiger partial charge >= 0.3 is 0 Å². The van der Waals surface area contributed by atoms with Crippen molar-refractivity contribution in [3.05, 3.63) is 42.2 Å². The van der Waals surface area contributed by atoms with Gasteiger partial charge < -0.3 is 15.4 Å². The van der Waals surface area contributed by atoms with Crippen LogP contribution in [0.5, 0.6) is 0 Å². The predicted octanol–water partition coefficient (Wildman–Crippen LogP) is 3.93. The Morgan fingerprint density at radius 1 is 1.08 bits per heavy atom. The van der Waals surface area contributed by atoms with E-state index in [2.05, 4.69) is 38.5 Å². The molecule has 0 bridgehead atoms. The number of hydrogen-bond donors (Lipinski definition) is 3. The second-order valence-electron chi connectivity index (χ2n) is 5.64. The van der Waals surface area contributed by atoms with Crippen LogP contribution in [0.2, 0.25) is 0 Å². The lowest BCUT2D eigenvalue weighted by molar-refractivity contribution is 0.283. The molecule has 0 atom stereocenters. The van der Waals surface area contributed by atoms with E-state index >= 15 is 0 Å². The van der Waals surface area contributed by atoms with E-state index in [0.29, 0.717) is 0 Å². The summed E-state index contributed by atoms with van der Waals surface area (Å²) in [6, 6.07) is 12.3. The van der Waals surface area contributed by atoms with Gasteiger partial charge in [0.25, 0.3) is 0 Å².